The Morgan fingerprint density at radius 3 is 1.60 bits per heavy atom. The second kappa shape index (κ2) is 10.8. The Kier molecular flexibility index (Phi) is 7.17. The molecule has 0 N–H and O–H groups in total. The Hall–Kier alpha value is -3.53. The van der Waals surface area contributed by atoms with Crippen LogP contribution in [0.3, 0.4) is 0 Å². The maximum Gasteiger partial charge on any atom is 0.143 e. The molecule has 2 atom stereocenters. The van der Waals surface area contributed by atoms with E-state index in [-0.39, 0.29) is 17.8 Å². The smallest absolute Gasteiger partial charge is 0.143 e. The van der Waals surface area contributed by atoms with E-state index in [0.29, 0.717) is 26.1 Å². The summed E-state index contributed by atoms with van der Waals surface area (Å²) in [6, 6.07) is 40.9. The van der Waals surface area contributed by atoms with Crippen molar-refractivity contribution in [1.29, 1.82) is 0 Å². The first kappa shape index (κ1) is 23.2. The highest BCUT2D eigenvalue weighted by Crippen LogP contribution is 2.41. The molecule has 0 heterocycles. The highest BCUT2D eigenvalue weighted by Gasteiger charge is 2.40. The fourth-order valence-corrected chi connectivity index (χ4v) is 4.99. The molecule has 4 aromatic rings. The number of Topliss-reactive ketones (excluding diaryl/α,β-unsaturated/α-hetero) is 1. The number of rotatable bonds is 9. The van der Waals surface area contributed by atoms with Gasteiger partial charge in [-0.3, -0.25) is 4.79 Å². The van der Waals surface area contributed by atoms with Crippen molar-refractivity contribution in [1.82, 2.24) is 0 Å². The lowest BCUT2D eigenvalue weighted by atomic mass is 9.80. The molecule has 3 heteroatoms. The summed E-state index contributed by atoms with van der Waals surface area (Å²) >= 11 is 0. The molecule has 0 aromatic heterocycles. The van der Waals surface area contributed by atoms with Crippen molar-refractivity contribution in [3.63, 3.8) is 0 Å². The van der Waals surface area contributed by atoms with E-state index in [9.17, 15) is 4.79 Å². The van der Waals surface area contributed by atoms with Gasteiger partial charge in [0.15, 0.2) is 0 Å². The maximum absolute atomic E-state index is 13.0. The van der Waals surface area contributed by atoms with Gasteiger partial charge < -0.3 is 9.47 Å². The summed E-state index contributed by atoms with van der Waals surface area (Å²) in [4.78, 5) is 13.0. The molecule has 1 aliphatic rings. The lowest BCUT2D eigenvalue weighted by molar-refractivity contribution is -0.124. The van der Waals surface area contributed by atoms with Crippen LogP contribution in [0, 0.1) is 5.92 Å². The van der Waals surface area contributed by atoms with Crippen LogP contribution in [0.25, 0.3) is 0 Å². The minimum Gasteiger partial charge on any atom is -0.373 e. The molecule has 4 aromatic carbocycles. The summed E-state index contributed by atoms with van der Waals surface area (Å²) in [5.41, 5.74) is 3.43. The van der Waals surface area contributed by atoms with E-state index in [2.05, 4.69) is 36.4 Å². The van der Waals surface area contributed by atoms with E-state index in [4.69, 9.17) is 9.47 Å². The van der Waals surface area contributed by atoms with E-state index in [1.807, 2.05) is 84.9 Å². The normalized spacial score (nSPS) is 18.0. The van der Waals surface area contributed by atoms with Gasteiger partial charge in [0, 0.05) is 12.3 Å². The van der Waals surface area contributed by atoms with Crippen LogP contribution in [0.2, 0.25) is 0 Å². The van der Waals surface area contributed by atoms with Crippen molar-refractivity contribution >= 4 is 5.78 Å². The van der Waals surface area contributed by atoms with Crippen molar-refractivity contribution in [3.05, 3.63) is 144 Å². The second-order valence-electron chi connectivity index (χ2n) is 9.11. The Labute approximate surface area is 207 Å². The quantitative estimate of drug-likeness (QED) is 0.264. The minimum atomic E-state index is -0.812. The Morgan fingerprint density at radius 1 is 0.657 bits per heavy atom. The van der Waals surface area contributed by atoms with Gasteiger partial charge in [-0.05, 0) is 28.7 Å². The van der Waals surface area contributed by atoms with Gasteiger partial charge >= 0.3 is 0 Å². The van der Waals surface area contributed by atoms with Gasteiger partial charge in [-0.2, -0.15) is 0 Å². The van der Waals surface area contributed by atoms with Crippen molar-refractivity contribution < 1.29 is 14.3 Å². The van der Waals surface area contributed by atoms with Crippen LogP contribution < -0.4 is 0 Å². The fraction of sp³-hybridized carbons (Fsp3) is 0.219. The third-order valence-electron chi connectivity index (χ3n) is 6.80. The van der Waals surface area contributed by atoms with Gasteiger partial charge in [0.1, 0.15) is 11.4 Å². The summed E-state index contributed by atoms with van der Waals surface area (Å²) in [7, 11) is 0. The zero-order valence-electron chi connectivity index (χ0n) is 19.8. The number of hydrogen-bond donors (Lipinski definition) is 0. The molecule has 5 rings (SSSR count). The van der Waals surface area contributed by atoms with Crippen molar-refractivity contribution in [3.8, 4) is 0 Å². The molecule has 176 valence electrons. The lowest BCUT2D eigenvalue weighted by Gasteiger charge is -2.36. The number of ether oxygens (including phenoxy) is 2. The number of ketones is 1. The first-order valence-electron chi connectivity index (χ1n) is 12.2. The fourth-order valence-electron chi connectivity index (χ4n) is 4.99. The van der Waals surface area contributed by atoms with Gasteiger partial charge in [0.25, 0.3) is 0 Å². The van der Waals surface area contributed by atoms with Crippen LogP contribution >= 0.6 is 0 Å². The third kappa shape index (κ3) is 5.12. The summed E-state index contributed by atoms with van der Waals surface area (Å²) in [6.07, 6.45) is 1.05. The molecule has 1 saturated carbocycles. The summed E-state index contributed by atoms with van der Waals surface area (Å²) in [5, 5.41) is 0. The molecule has 0 bridgehead atoms. The van der Waals surface area contributed by atoms with Crippen LogP contribution in [-0.2, 0) is 26.5 Å². The molecule has 1 aliphatic carbocycles. The molecule has 0 amide bonds. The molecule has 1 fully saturated rings. The predicted octanol–water partition coefficient (Wildman–Crippen LogP) is 6.56. The van der Waals surface area contributed by atoms with Crippen molar-refractivity contribution in [2.45, 2.75) is 31.2 Å². The summed E-state index contributed by atoms with van der Waals surface area (Å²) in [6.45, 7) is 0.858. The third-order valence-corrected chi connectivity index (χ3v) is 6.80. The zero-order valence-corrected chi connectivity index (χ0v) is 19.8. The standard InChI is InChI=1S/C32H30O3/c33-31-22-30(34-23-25-13-5-1-6-14-25)21-26(31)24-35-32(27-15-7-2-8-16-27,28-17-9-3-10-18-28)29-19-11-4-12-20-29/h1-20,26,30H,21-24H2/t26-,30+/m0/s1. The zero-order chi connectivity index (χ0) is 23.9. The number of carbonyl (C=O) groups is 1. The van der Waals surface area contributed by atoms with Crippen molar-refractivity contribution in [2.75, 3.05) is 6.61 Å². The second-order valence-corrected chi connectivity index (χ2v) is 9.11. The molecule has 3 nitrogen and oxygen atoms in total. The largest absolute Gasteiger partial charge is 0.373 e. The molecule has 0 spiro atoms. The lowest BCUT2D eigenvalue weighted by Crippen LogP contribution is -2.35. The Bertz CT molecular complexity index is 1110. The number of carbonyl (C=O) groups excluding carboxylic acids is 1. The van der Waals surface area contributed by atoms with Gasteiger partial charge in [-0.15, -0.1) is 0 Å². The first-order valence-corrected chi connectivity index (χ1v) is 12.2. The topological polar surface area (TPSA) is 35.5 Å². The van der Waals surface area contributed by atoms with Crippen LogP contribution in [0.15, 0.2) is 121 Å². The van der Waals surface area contributed by atoms with E-state index < -0.39 is 5.60 Å². The van der Waals surface area contributed by atoms with E-state index >= 15 is 0 Å². The Morgan fingerprint density at radius 2 is 1.11 bits per heavy atom. The molecule has 0 radical (unpaired) electrons. The van der Waals surface area contributed by atoms with Crippen LogP contribution in [-0.4, -0.2) is 18.5 Å². The average molecular weight is 463 g/mol. The van der Waals surface area contributed by atoms with Gasteiger partial charge in [-0.25, -0.2) is 0 Å². The minimum absolute atomic E-state index is 0.0733. The molecule has 0 saturated heterocycles. The molecule has 0 aliphatic heterocycles. The van der Waals surface area contributed by atoms with E-state index in [0.717, 1.165) is 22.3 Å². The maximum atomic E-state index is 13.0. The SMILES string of the molecule is O=C1C[C@H](OCc2ccccc2)C[C@H]1COC(c1ccccc1)(c1ccccc1)c1ccccc1. The van der Waals surface area contributed by atoms with Crippen LogP contribution in [0.4, 0.5) is 0 Å². The Balaban J connectivity index is 1.40. The number of hydrogen-bond acceptors (Lipinski definition) is 3. The average Bonchev–Trinajstić information content (AvgIpc) is 3.29. The predicted molar refractivity (Wildman–Crippen MR) is 138 cm³/mol. The molecular formula is C32H30O3. The van der Waals surface area contributed by atoms with Gasteiger partial charge in [0.05, 0.1) is 19.3 Å². The van der Waals surface area contributed by atoms with Crippen LogP contribution in [0.5, 0.6) is 0 Å². The monoisotopic (exact) mass is 462 g/mol. The van der Waals surface area contributed by atoms with Gasteiger partial charge in [-0.1, -0.05) is 121 Å². The van der Waals surface area contributed by atoms with Gasteiger partial charge in [0.2, 0.25) is 0 Å². The van der Waals surface area contributed by atoms with Crippen LogP contribution in [0.1, 0.15) is 35.1 Å². The van der Waals surface area contributed by atoms with E-state index in [1.165, 1.54) is 0 Å². The molecule has 35 heavy (non-hydrogen) atoms. The highest BCUT2D eigenvalue weighted by molar-refractivity contribution is 5.83. The van der Waals surface area contributed by atoms with E-state index in [1.54, 1.807) is 0 Å². The molecular weight excluding hydrogens is 432 g/mol. The molecule has 0 unspecified atom stereocenters. The number of benzene rings is 4. The summed E-state index contributed by atoms with van der Waals surface area (Å²) in [5.74, 6) is 0.0254. The highest BCUT2D eigenvalue weighted by atomic mass is 16.5. The summed E-state index contributed by atoms with van der Waals surface area (Å²) < 4.78 is 13.0. The first-order chi connectivity index (χ1) is 17.3. The van der Waals surface area contributed by atoms with Crippen molar-refractivity contribution in [2.24, 2.45) is 5.92 Å².